The second-order valence-corrected chi connectivity index (χ2v) is 4.71. The lowest BCUT2D eigenvalue weighted by molar-refractivity contribution is 0.0720. The molecule has 1 aliphatic rings. The molecule has 0 aromatic carbocycles. The minimum atomic E-state index is 0.136. The fraction of sp³-hybridized carbons (Fsp3) is 0.500. The molecule has 2 rings (SSSR count). The maximum Gasteiger partial charge on any atom is 0.256 e. The van der Waals surface area contributed by atoms with Crippen molar-refractivity contribution in [3.63, 3.8) is 0 Å². The average Bonchev–Trinajstić information content (AvgIpc) is 2.39. The Morgan fingerprint density at radius 2 is 2.12 bits per heavy atom. The van der Waals surface area contributed by atoms with Gasteiger partial charge >= 0.3 is 0 Å². The summed E-state index contributed by atoms with van der Waals surface area (Å²) in [6.07, 6.45) is 7.18. The molecule has 0 aliphatic carbocycles. The van der Waals surface area contributed by atoms with E-state index >= 15 is 0 Å². The Bertz CT molecular complexity index is 375. The van der Waals surface area contributed by atoms with E-state index in [1.54, 1.807) is 6.20 Å². The van der Waals surface area contributed by atoms with Crippen LogP contribution in [-0.4, -0.2) is 35.1 Å². The highest BCUT2D eigenvalue weighted by molar-refractivity contribution is 7.98. The Balaban J connectivity index is 2.19. The van der Waals surface area contributed by atoms with E-state index in [2.05, 4.69) is 4.98 Å². The van der Waals surface area contributed by atoms with E-state index in [-0.39, 0.29) is 5.91 Å². The Morgan fingerprint density at radius 3 is 2.81 bits per heavy atom. The molecule has 0 unspecified atom stereocenters. The number of aromatic nitrogens is 1. The van der Waals surface area contributed by atoms with Crippen LogP contribution in [0.15, 0.2) is 23.4 Å². The predicted molar refractivity (Wildman–Crippen MR) is 65.8 cm³/mol. The standard InChI is InChI=1S/C12H16N2OS/c1-16-11-10(6-5-7-13-11)12(15)14-8-3-2-4-9-14/h5-7H,2-4,8-9H2,1H3. The van der Waals surface area contributed by atoms with Gasteiger partial charge in [0.15, 0.2) is 0 Å². The van der Waals surface area contributed by atoms with Gasteiger partial charge in [0.2, 0.25) is 0 Å². The summed E-state index contributed by atoms with van der Waals surface area (Å²) < 4.78 is 0. The molecule has 0 radical (unpaired) electrons. The van der Waals surface area contributed by atoms with Crippen LogP contribution in [0.4, 0.5) is 0 Å². The topological polar surface area (TPSA) is 33.2 Å². The van der Waals surface area contributed by atoms with Gasteiger partial charge < -0.3 is 4.90 Å². The highest BCUT2D eigenvalue weighted by atomic mass is 32.2. The third kappa shape index (κ3) is 2.38. The number of nitrogens with zero attached hydrogens (tertiary/aromatic N) is 2. The third-order valence-electron chi connectivity index (χ3n) is 2.84. The molecule has 0 N–H and O–H groups in total. The maximum atomic E-state index is 12.3. The number of hydrogen-bond acceptors (Lipinski definition) is 3. The number of carbonyl (C=O) groups excluding carboxylic acids is 1. The molecule has 3 nitrogen and oxygen atoms in total. The first kappa shape index (κ1) is 11.5. The first-order chi connectivity index (χ1) is 7.83. The molecule has 1 aromatic heterocycles. The molecular weight excluding hydrogens is 220 g/mol. The molecule has 1 fully saturated rings. The summed E-state index contributed by atoms with van der Waals surface area (Å²) in [6.45, 7) is 1.78. The van der Waals surface area contributed by atoms with Crippen molar-refractivity contribution in [2.24, 2.45) is 0 Å². The SMILES string of the molecule is CSc1ncccc1C(=O)N1CCCCC1. The number of carbonyl (C=O) groups is 1. The first-order valence-electron chi connectivity index (χ1n) is 5.61. The molecule has 2 heterocycles. The van der Waals surface area contributed by atoms with Crippen molar-refractivity contribution in [2.45, 2.75) is 24.3 Å². The zero-order valence-electron chi connectivity index (χ0n) is 9.48. The quantitative estimate of drug-likeness (QED) is 0.739. The zero-order chi connectivity index (χ0) is 11.4. The van der Waals surface area contributed by atoms with Gasteiger partial charge in [-0.25, -0.2) is 4.98 Å². The number of thioether (sulfide) groups is 1. The highest BCUT2D eigenvalue weighted by Crippen LogP contribution is 2.20. The molecule has 16 heavy (non-hydrogen) atoms. The summed E-state index contributed by atoms with van der Waals surface area (Å²) in [5.41, 5.74) is 0.747. The Kier molecular flexibility index (Phi) is 3.83. The number of hydrogen-bond donors (Lipinski definition) is 0. The van der Waals surface area contributed by atoms with Crippen LogP contribution < -0.4 is 0 Å². The van der Waals surface area contributed by atoms with Crippen LogP contribution in [0.25, 0.3) is 0 Å². The lowest BCUT2D eigenvalue weighted by atomic mass is 10.1. The summed E-state index contributed by atoms with van der Waals surface area (Å²) in [7, 11) is 0. The van der Waals surface area contributed by atoms with E-state index in [1.807, 2.05) is 23.3 Å². The van der Waals surface area contributed by atoms with Crippen LogP contribution in [0.1, 0.15) is 29.6 Å². The average molecular weight is 236 g/mol. The van der Waals surface area contributed by atoms with Gasteiger partial charge in [-0.15, -0.1) is 11.8 Å². The highest BCUT2D eigenvalue weighted by Gasteiger charge is 2.20. The van der Waals surface area contributed by atoms with E-state index in [0.29, 0.717) is 0 Å². The molecule has 0 spiro atoms. The molecule has 4 heteroatoms. The van der Waals surface area contributed by atoms with Gasteiger partial charge in [-0.2, -0.15) is 0 Å². The van der Waals surface area contributed by atoms with E-state index in [4.69, 9.17) is 0 Å². The lowest BCUT2D eigenvalue weighted by Crippen LogP contribution is -2.35. The minimum absolute atomic E-state index is 0.136. The van der Waals surface area contributed by atoms with Crippen molar-refractivity contribution in [2.75, 3.05) is 19.3 Å². The number of amides is 1. The van der Waals surface area contributed by atoms with Crippen LogP contribution in [0, 0.1) is 0 Å². The van der Waals surface area contributed by atoms with E-state index in [9.17, 15) is 4.79 Å². The molecular formula is C12H16N2OS. The van der Waals surface area contributed by atoms with Gasteiger partial charge in [-0.3, -0.25) is 4.79 Å². The minimum Gasteiger partial charge on any atom is -0.339 e. The van der Waals surface area contributed by atoms with Crippen LogP contribution >= 0.6 is 11.8 Å². The van der Waals surface area contributed by atoms with Gasteiger partial charge in [-0.05, 0) is 37.7 Å². The van der Waals surface area contributed by atoms with E-state index < -0.39 is 0 Å². The van der Waals surface area contributed by atoms with Crippen LogP contribution in [0.5, 0.6) is 0 Å². The molecule has 1 aromatic rings. The van der Waals surface area contributed by atoms with Crippen molar-refractivity contribution in [3.05, 3.63) is 23.9 Å². The van der Waals surface area contributed by atoms with E-state index in [0.717, 1.165) is 36.5 Å². The summed E-state index contributed by atoms with van der Waals surface area (Å²) in [5, 5.41) is 0.832. The first-order valence-corrected chi connectivity index (χ1v) is 6.83. The summed E-state index contributed by atoms with van der Waals surface area (Å²) in [4.78, 5) is 18.4. The fourth-order valence-corrected chi connectivity index (χ4v) is 2.53. The zero-order valence-corrected chi connectivity index (χ0v) is 10.3. The fourth-order valence-electron chi connectivity index (χ4n) is 1.98. The summed E-state index contributed by atoms with van der Waals surface area (Å²) in [5.74, 6) is 0.136. The third-order valence-corrected chi connectivity index (χ3v) is 3.55. The monoisotopic (exact) mass is 236 g/mol. The van der Waals surface area contributed by atoms with Crippen molar-refractivity contribution in [3.8, 4) is 0 Å². The van der Waals surface area contributed by atoms with Crippen LogP contribution in [0.2, 0.25) is 0 Å². The van der Waals surface area contributed by atoms with Crippen molar-refractivity contribution >= 4 is 17.7 Å². The largest absolute Gasteiger partial charge is 0.339 e. The normalized spacial score (nSPS) is 16.2. The maximum absolute atomic E-state index is 12.3. The van der Waals surface area contributed by atoms with Gasteiger partial charge in [0.25, 0.3) is 5.91 Å². The number of rotatable bonds is 2. The number of pyridine rings is 1. The molecule has 1 saturated heterocycles. The smallest absolute Gasteiger partial charge is 0.256 e. The second kappa shape index (κ2) is 5.34. The van der Waals surface area contributed by atoms with Gasteiger partial charge in [0, 0.05) is 19.3 Å². The van der Waals surface area contributed by atoms with Crippen molar-refractivity contribution < 1.29 is 4.79 Å². The Hall–Kier alpha value is -1.03. The second-order valence-electron chi connectivity index (χ2n) is 3.91. The van der Waals surface area contributed by atoms with Crippen LogP contribution in [0.3, 0.4) is 0 Å². The molecule has 86 valence electrons. The Morgan fingerprint density at radius 1 is 1.38 bits per heavy atom. The summed E-state index contributed by atoms with van der Waals surface area (Å²) >= 11 is 1.53. The van der Waals surface area contributed by atoms with Gasteiger partial charge in [-0.1, -0.05) is 0 Å². The van der Waals surface area contributed by atoms with E-state index in [1.165, 1.54) is 18.2 Å². The molecule has 0 bridgehead atoms. The summed E-state index contributed by atoms with van der Waals surface area (Å²) in [6, 6.07) is 3.70. The molecule has 0 saturated carbocycles. The predicted octanol–water partition coefficient (Wildman–Crippen LogP) is 2.43. The molecule has 0 atom stereocenters. The molecule has 1 aliphatic heterocycles. The van der Waals surface area contributed by atoms with Gasteiger partial charge in [0.05, 0.1) is 5.56 Å². The Labute approximate surface area is 100 Å². The molecule has 1 amide bonds. The van der Waals surface area contributed by atoms with Crippen LogP contribution in [-0.2, 0) is 0 Å². The van der Waals surface area contributed by atoms with Gasteiger partial charge in [0.1, 0.15) is 5.03 Å². The number of piperidine rings is 1. The number of likely N-dealkylation sites (tertiary alicyclic amines) is 1. The lowest BCUT2D eigenvalue weighted by Gasteiger charge is -2.27. The van der Waals surface area contributed by atoms with Crippen molar-refractivity contribution in [1.82, 2.24) is 9.88 Å². The van der Waals surface area contributed by atoms with Crippen molar-refractivity contribution in [1.29, 1.82) is 0 Å².